The van der Waals surface area contributed by atoms with Crippen molar-refractivity contribution in [3.63, 3.8) is 0 Å². The molecule has 3 heteroatoms. The van der Waals surface area contributed by atoms with E-state index in [1.54, 1.807) is 0 Å². The van der Waals surface area contributed by atoms with Gasteiger partial charge in [-0.25, -0.2) is 9.97 Å². The van der Waals surface area contributed by atoms with Crippen molar-refractivity contribution in [3.05, 3.63) is 188 Å². The summed E-state index contributed by atoms with van der Waals surface area (Å²) in [5.74, 6) is 0. The van der Waals surface area contributed by atoms with Crippen LogP contribution in [0.15, 0.2) is 188 Å². The summed E-state index contributed by atoms with van der Waals surface area (Å²) in [5.41, 5.74) is 11.4. The Morgan fingerprint density at radius 2 is 0.868 bits per heavy atom. The summed E-state index contributed by atoms with van der Waals surface area (Å²) < 4.78 is 2.46. The van der Waals surface area contributed by atoms with E-state index in [2.05, 4.69) is 174 Å². The number of aromatic nitrogens is 3. The molecule has 0 atom stereocenters. The molecule has 11 aromatic rings. The molecule has 53 heavy (non-hydrogen) atoms. The Bertz CT molecular complexity index is 3140. The first-order chi connectivity index (χ1) is 26.3. The van der Waals surface area contributed by atoms with Gasteiger partial charge in [0.25, 0.3) is 0 Å². The van der Waals surface area contributed by atoms with Gasteiger partial charge in [-0.2, -0.15) is 0 Å². The highest BCUT2D eigenvalue weighted by molar-refractivity contribution is 6.29. The largest absolute Gasteiger partial charge is 0.309 e. The Balaban J connectivity index is 1.20. The fourth-order valence-corrected chi connectivity index (χ4v) is 8.37. The monoisotopic (exact) mass is 673 g/mol. The van der Waals surface area contributed by atoms with Gasteiger partial charge in [0.05, 0.1) is 39.1 Å². The highest BCUT2D eigenvalue weighted by Gasteiger charge is 2.21. The van der Waals surface area contributed by atoms with Gasteiger partial charge in [-0.1, -0.05) is 152 Å². The summed E-state index contributed by atoms with van der Waals surface area (Å²) in [5, 5.41) is 9.86. The van der Waals surface area contributed by atoms with Gasteiger partial charge in [-0.15, -0.1) is 0 Å². The quantitative estimate of drug-likeness (QED) is 0.186. The highest BCUT2D eigenvalue weighted by Crippen LogP contribution is 2.43. The van der Waals surface area contributed by atoms with E-state index >= 15 is 0 Å². The molecule has 11 rings (SSSR count). The second kappa shape index (κ2) is 11.7. The third-order valence-electron chi connectivity index (χ3n) is 10.8. The van der Waals surface area contributed by atoms with Crippen LogP contribution in [0.2, 0.25) is 0 Å². The van der Waals surface area contributed by atoms with Crippen molar-refractivity contribution < 1.29 is 0 Å². The maximum Gasteiger partial charge on any atom is 0.0979 e. The molecule has 0 aliphatic carbocycles. The topological polar surface area (TPSA) is 30.7 Å². The number of nitrogens with zero attached hydrogens (tertiary/aromatic N) is 3. The lowest BCUT2D eigenvalue weighted by atomic mass is 9.95. The van der Waals surface area contributed by atoms with E-state index in [0.717, 1.165) is 55.6 Å². The fraction of sp³-hybridized carbons (Fsp3) is 0. The summed E-state index contributed by atoms with van der Waals surface area (Å²) in [6, 6.07) is 67.2. The zero-order valence-corrected chi connectivity index (χ0v) is 28.7. The van der Waals surface area contributed by atoms with Crippen LogP contribution in [-0.2, 0) is 0 Å². The molecule has 0 fully saturated rings. The molecular weight excluding hydrogens is 643 g/mol. The lowest BCUT2D eigenvalue weighted by molar-refractivity contribution is 1.20. The minimum Gasteiger partial charge on any atom is -0.309 e. The molecule has 0 radical (unpaired) electrons. The number of rotatable bonds is 4. The second-order valence-electron chi connectivity index (χ2n) is 13.7. The molecule has 0 N–H and O–H groups in total. The first kappa shape index (κ1) is 29.6. The number of fused-ring (bicyclic) bond motifs is 9. The van der Waals surface area contributed by atoms with Gasteiger partial charge in [-0.05, 0) is 74.5 Å². The first-order valence-corrected chi connectivity index (χ1v) is 18.1. The van der Waals surface area contributed by atoms with Crippen molar-refractivity contribution in [1.82, 2.24) is 14.5 Å². The number of hydrogen-bond acceptors (Lipinski definition) is 2. The molecular formula is C50H31N3. The summed E-state index contributed by atoms with van der Waals surface area (Å²) in [6.45, 7) is 0. The summed E-state index contributed by atoms with van der Waals surface area (Å²) in [7, 11) is 0. The predicted octanol–water partition coefficient (Wildman–Crippen LogP) is 13.2. The van der Waals surface area contributed by atoms with Gasteiger partial charge in [-0.3, -0.25) is 0 Å². The van der Waals surface area contributed by atoms with E-state index in [4.69, 9.17) is 9.97 Å². The Morgan fingerprint density at radius 3 is 1.58 bits per heavy atom. The van der Waals surface area contributed by atoms with Crippen molar-refractivity contribution in [2.24, 2.45) is 0 Å². The third-order valence-corrected chi connectivity index (χ3v) is 10.8. The van der Waals surface area contributed by atoms with Crippen molar-refractivity contribution in [1.29, 1.82) is 0 Å². The van der Waals surface area contributed by atoms with E-state index in [1.165, 1.54) is 48.9 Å². The molecule has 2 aromatic heterocycles. The number of benzene rings is 9. The third kappa shape index (κ3) is 4.61. The summed E-state index contributed by atoms with van der Waals surface area (Å²) in [6.07, 6.45) is 0. The Hall–Kier alpha value is -7.10. The zero-order chi connectivity index (χ0) is 34.9. The van der Waals surface area contributed by atoms with E-state index in [0.29, 0.717) is 0 Å². The maximum absolute atomic E-state index is 5.37. The standard InChI is InChI=1S/C50H31N3/c1-2-13-32(14-3-1)35-17-10-18-36(31-35)49-50(52-43-25-9-8-24-42(43)51-49)41-23-11-22-40-39(41)21-12-26-44(40)53-45-29-27-33-15-4-6-19-37(33)47(45)48-38-20-7-5-16-34(38)28-30-46(48)53/h1-31H. The molecule has 0 bridgehead atoms. The van der Waals surface area contributed by atoms with Crippen LogP contribution in [0.25, 0.3) is 104 Å². The second-order valence-corrected chi connectivity index (χ2v) is 13.7. The van der Waals surface area contributed by atoms with E-state index < -0.39 is 0 Å². The lowest BCUT2D eigenvalue weighted by Gasteiger charge is -2.16. The van der Waals surface area contributed by atoms with Gasteiger partial charge in [0, 0.05) is 27.3 Å². The molecule has 0 amide bonds. The van der Waals surface area contributed by atoms with Crippen LogP contribution >= 0.6 is 0 Å². The average Bonchev–Trinajstić information content (AvgIpc) is 3.58. The molecule has 9 aromatic carbocycles. The summed E-state index contributed by atoms with van der Waals surface area (Å²) in [4.78, 5) is 10.7. The molecule has 0 unspecified atom stereocenters. The van der Waals surface area contributed by atoms with Crippen molar-refractivity contribution in [2.45, 2.75) is 0 Å². The first-order valence-electron chi connectivity index (χ1n) is 18.1. The zero-order valence-electron chi connectivity index (χ0n) is 28.7. The van der Waals surface area contributed by atoms with Gasteiger partial charge in [0.15, 0.2) is 0 Å². The van der Waals surface area contributed by atoms with Crippen LogP contribution in [0.1, 0.15) is 0 Å². The highest BCUT2D eigenvalue weighted by atomic mass is 15.0. The van der Waals surface area contributed by atoms with Crippen molar-refractivity contribution in [2.75, 3.05) is 0 Å². The summed E-state index contributed by atoms with van der Waals surface area (Å²) >= 11 is 0. The molecule has 3 nitrogen and oxygen atoms in total. The predicted molar refractivity (Wildman–Crippen MR) is 223 cm³/mol. The van der Waals surface area contributed by atoms with Crippen LogP contribution in [0, 0.1) is 0 Å². The van der Waals surface area contributed by atoms with Gasteiger partial charge < -0.3 is 4.57 Å². The Labute approximate surface area is 306 Å². The molecule has 0 saturated carbocycles. The van der Waals surface area contributed by atoms with Crippen LogP contribution in [0.3, 0.4) is 0 Å². The lowest BCUT2D eigenvalue weighted by Crippen LogP contribution is -1.98. The molecule has 246 valence electrons. The fourth-order valence-electron chi connectivity index (χ4n) is 8.37. The molecule has 0 aliphatic heterocycles. The SMILES string of the molecule is c1ccc(-c2cccc(-c3nc4ccccc4nc3-c3cccc4c(-n5c6ccc7ccccc7c6c6c7ccccc7ccc65)cccc34)c2)cc1. The van der Waals surface area contributed by atoms with Crippen LogP contribution in [0.4, 0.5) is 0 Å². The van der Waals surface area contributed by atoms with Gasteiger partial charge in [0.1, 0.15) is 0 Å². The minimum absolute atomic E-state index is 0.870. The molecule has 0 spiro atoms. The normalized spacial score (nSPS) is 11.8. The van der Waals surface area contributed by atoms with Crippen LogP contribution < -0.4 is 0 Å². The van der Waals surface area contributed by atoms with Crippen LogP contribution in [-0.4, -0.2) is 14.5 Å². The van der Waals surface area contributed by atoms with E-state index in [1.807, 2.05) is 18.2 Å². The minimum atomic E-state index is 0.870. The average molecular weight is 674 g/mol. The van der Waals surface area contributed by atoms with Gasteiger partial charge in [0.2, 0.25) is 0 Å². The molecule has 0 aliphatic rings. The maximum atomic E-state index is 5.37. The van der Waals surface area contributed by atoms with Gasteiger partial charge >= 0.3 is 0 Å². The molecule has 0 saturated heterocycles. The Morgan fingerprint density at radius 1 is 0.340 bits per heavy atom. The van der Waals surface area contributed by atoms with E-state index in [-0.39, 0.29) is 0 Å². The number of hydrogen-bond donors (Lipinski definition) is 0. The number of para-hydroxylation sites is 2. The van der Waals surface area contributed by atoms with E-state index in [9.17, 15) is 0 Å². The smallest absolute Gasteiger partial charge is 0.0979 e. The van der Waals surface area contributed by atoms with Crippen molar-refractivity contribution >= 4 is 65.2 Å². The Kier molecular flexibility index (Phi) is 6.55. The van der Waals surface area contributed by atoms with Crippen molar-refractivity contribution in [3.8, 4) is 39.3 Å². The van der Waals surface area contributed by atoms with Crippen LogP contribution in [0.5, 0.6) is 0 Å². The molecule has 2 heterocycles.